The summed E-state index contributed by atoms with van der Waals surface area (Å²) in [6, 6.07) is 0. The smallest absolute Gasteiger partial charge is 0.462 e. The highest BCUT2D eigenvalue weighted by molar-refractivity contribution is 7.46. The molecule has 46 heavy (non-hydrogen) atoms. The van der Waals surface area contributed by atoms with Crippen molar-refractivity contribution in [3.05, 3.63) is 48.6 Å². The molecule has 0 aliphatic heterocycles. The minimum absolute atomic E-state index is 0.164. The van der Waals surface area contributed by atoms with E-state index in [1.54, 1.807) is 12.2 Å². The second-order valence-electron chi connectivity index (χ2n) is 12.0. The third-order valence-electron chi connectivity index (χ3n) is 7.00. The Hall–Kier alpha value is -2.32. The van der Waals surface area contributed by atoms with Crippen molar-refractivity contribution in [1.29, 1.82) is 0 Å². The normalized spacial score (nSPS) is 13.1. The number of phosphoric acid groups is 1. The Labute approximate surface area is 278 Å². The van der Waals surface area contributed by atoms with Gasteiger partial charge >= 0.3 is 19.8 Å². The Bertz CT molecular complexity index is 963. The molecule has 0 unspecified atom stereocenters. The van der Waals surface area contributed by atoms with Crippen molar-refractivity contribution in [2.45, 2.75) is 142 Å². The fourth-order valence-corrected chi connectivity index (χ4v) is 4.75. The van der Waals surface area contributed by atoms with Crippen molar-refractivity contribution < 1.29 is 42.7 Å². The van der Waals surface area contributed by atoms with Crippen LogP contribution in [0.4, 0.5) is 0 Å². The zero-order valence-electron chi connectivity index (χ0n) is 28.6. The molecule has 0 aliphatic carbocycles. The van der Waals surface area contributed by atoms with Gasteiger partial charge < -0.3 is 19.3 Å². The van der Waals surface area contributed by atoms with Gasteiger partial charge in [0.25, 0.3) is 0 Å². The van der Waals surface area contributed by atoms with E-state index in [0.29, 0.717) is 25.7 Å². The van der Waals surface area contributed by atoms with Crippen LogP contribution in [0, 0.1) is 5.92 Å². The van der Waals surface area contributed by atoms with Gasteiger partial charge in [-0.25, -0.2) is 4.57 Å². The Morgan fingerprint density at radius 1 is 0.696 bits per heavy atom. The van der Waals surface area contributed by atoms with Crippen molar-refractivity contribution in [1.82, 2.24) is 0 Å². The molecule has 0 amide bonds. The van der Waals surface area contributed by atoms with Gasteiger partial charge in [-0.1, -0.05) is 121 Å². The lowest BCUT2D eigenvalue weighted by Gasteiger charge is -2.18. The molecular formula is C36H61O9P. The van der Waals surface area contributed by atoms with Gasteiger partial charge in [0.15, 0.2) is 11.9 Å². The molecule has 0 rings (SSSR count). The minimum Gasteiger partial charge on any atom is -0.462 e. The fraction of sp³-hybridized carbons (Fsp3) is 0.694. The SMILES string of the molecule is CCCCCC(=O)/C=C/C=C\C/C=C\C/C=C\CCCC(=O)OC[C@H](COP(=O)(O)O)OC(=O)CCCCCCCCCC(C)C. The first-order chi connectivity index (χ1) is 22.0. The van der Waals surface area contributed by atoms with Gasteiger partial charge in [-0.2, -0.15) is 0 Å². The quantitative estimate of drug-likeness (QED) is 0.0192. The number of esters is 2. The summed E-state index contributed by atoms with van der Waals surface area (Å²) in [5.41, 5.74) is 0. The van der Waals surface area contributed by atoms with Crippen molar-refractivity contribution in [2.24, 2.45) is 5.92 Å². The molecule has 0 fully saturated rings. The molecule has 0 radical (unpaired) electrons. The Kier molecular flexibility index (Phi) is 28.5. The molecule has 264 valence electrons. The maximum Gasteiger partial charge on any atom is 0.469 e. The van der Waals surface area contributed by atoms with E-state index in [1.165, 1.54) is 25.7 Å². The number of phosphoric ester groups is 1. The third kappa shape index (κ3) is 33.1. The van der Waals surface area contributed by atoms with Crippen LogP contribution in [-0.4, -0.2) is 46.8 Å². The van der Waals surface area contributed by atoms with E-state index in [9.17, 15) is 18.9 Å². The highest BCUT2D eigenvalue weighted by Gasteiger charge is 2.22. The van der Waals surface area contributed by atoms with Gasteiger partial charge in [-0.05, 0) is 50.5 Å². The van der Waals surface area contributed by atoms with E-state index in [4.69, 9.17) is 19.3 Å². The van der Waals surface area contributed by atoms with E-state index in [2.05, 4.69) is 25.3 Å². The second kappa shape index (κ2) is 30.0. The van der Waals surface area contributed by atoms with Crippen LogP contribution in [0.15, 0.2) is 48.6 Å². The first-order valence-corrected chi connectivity index (χ1v) is 18.8. The summed E-state index contributed by atoms with van der Waals surface area (Å²) in [4.78, 5) is 54.1. The maximum absolute atomic E-state index is 12.3. The molecule has 0 aromatic heterocycles. The summed E-state index contributed by atoms with van der Waals surface area (Å²) in [6.45, 7) is 5.68. The number of ether oxygens (including phenoxy) is 2. The molecule has 0 saturated heterocycles. The number of allylic oxidation sites excluding steroid dienone is 8. The molecule has 0 bridgehead atoms. The molecule has 0 aromatic carbocycles. The van der Waals surface area contributed by atoms with Gasteiger partial charge in [0, 0.05) is 19.3 Å². The number of carbonyl (C=O) groups is 3. The zero-order chi connectivity index (χ0) is 34.3. The lowest BCUT2D eigenvalue weighted by molar-refractivity contribution is -0.161. The summed E-state index contributed by atoms with van der Waals surface area (Å²) < 4.78 is 26.1. The predicted molar refractivity (Wildman–Crippen MR) is 184 cm³/mol. The standard InChI is InChI=1S/C36H61O9P/c1-4-5-20-26-33(37)27-22-17-13-9-7-6-8-10-14-18-23-28-35(38)43-30-34(31-44-46(40,41)42)45-36(39)29-24-19-15-11-12-16-21-25-32(2)3/h6-7,10,13-14,17,22,27,32,34H,4-5,8-9,11-12,15-16,18-21,23-26,28-31H2,1-3H3,(H2,40,41,42)/b7-6-,14-10-,17-13-,27-22+/t34-/m1/s1. The molecule has 10 heteroatoms. The van der Waals surface area contributed by atoms with Crippen LogP contribution in [0.1, 0.15) is 136 Å². The molecule has 9 nitrogen and oxygen atoms in total. The number of carbonyl (C=O) groups excluding carboxylic acids is 3. The topological polar surface area (TPSA) is 136 Å². The van der Waals surface area contributed by atoms with Crippen LogP contribution in [0.3, 0.4) is 0 Å². The third-order valence-corrected chi connectivity index (χ3v) is 7.49. The first kappa shape index (κ1) is 43.7. The van der Waals surface area contributed by atoms with Crippen LogP contribution in [0.5, 0.6) is 0 Å². The summed E-state index contributed by atoms with van der Waals surface area (Å²) in [6.07, 6.45) is 29.9. The van der Waals surface area contributed by atoms with E-state index >= 15 is 0 Å². The van der Waals surface area contributed by atoms with Crippen molar-refractivity contribution >= 4 is 25.5 Å². The average molecular weight is 669 g/mol. The fourth-order valence-electron chi connectivity index (χ4n) is 4.39. The van der Waals surface area contributed by atoms with E-state index in [1.807, 2.05) is 36.5 Å². The van der Waals surface area contributed by atoms with Gasteiger partial charge in [-0.3, -0.25) is 18.9 Å². The van der Waals surface area contributed by atoms with Gasteiger partial charge in [-0.15, -0.1) is 0 Å². The van der Waals surface area contributed by atoms with E-state index < -0.39 is 32.5 Å². The van der Waals surface area contributed by atoms with E-state index in [0.717, 1.165) is 57.3 Å². The predicted octanol–water partition coefficient (Wildman–Crippen LogP) is 9.04. The molecular weight excluding hydrogens is 607 g/mol. The highest BCUT2D eigenvalue weighted by Crippen LogP contribution is 2.35. The lowest BCUT2D eigenvalue weighted by atomic mass is 10.0. The van der Waals surface area contributed by atoms with Crippen molar-refractivity contribution in [3.8, 4) is 0 Å². The van der Waals surface area contributed by atoms with Crippen molar-refractivity contribution in [2.75, 3.05) is 13.2 Å². The number of rotatable bonds is 30. The summed E-state index contributed by atoms with van der Waals surface area (Å²) in [5.74, 6) is -0.0874. The maximum atomic E-state index is 12.3. The number of hydrogen-bond donors (Lipinski definition) is 2. The number of hydrogen-bond acceptors (Lipinski definition) is 7. The van der Waals surface area contributed by atoms with E-state index in [-0.39, 0.29) is 25.2 Å². The molecule has 0 aromatic rings. The molecule has 0 aliphatic rings. The average Bonchev–Trinajstić information content (AvgIpc) is 2.99. The molecule has 0 heterocycles. The minimum atomic E-state index is -4.77. The Balaban J connectivity index is 4.17. The summed E-state index contributed by atoms with van der Waals surface area (Å²) >= 11 is 0. The molecule has 1 atom stereocenters. The summed E-state index contributed by atoms with van der Waals surface area (Å²) in [7, 11) is -4.77. The lowest BCUT2D eigenvalue weighted by Crippen LogP contribution is -2.29. The molecule has 0 spiro atoms. The Morgan fingerprint density at radius 2 is 1.30 bits per heavy atom. The van der Waals surface area contributed by atoms with Crippen molar-refractivity contribution in [3.63, 3.8) is 0 Å². The number of unbranched alkanes of at least 4 members (excludes halogenated alkanes) is 9. The summed E-state index contributed by atoms with van der Waals surface area (Å²) in [5, 5.41) is 0. The Morgan fingerprint density at radius 3 is 1.98 bits per heavy atom. The van der Waals surface area contributed by atoms with Crippen LogP contribution in [0.2, 0.25) is 0 Å². The molecule has 2 N–H and O–H groups in total. The zero-order valence-corrected chi connectivity index (χ0v) is 29.5. The van der Waals surface area contributed by atoms with Gasteiger partial charge in [0.2, 0.25) is 0 Å². The number of ketones is 1. The first-order valence-electron chi connectivity index (χ1n) is 17.2. The second-order valence-corrected chi connectivity index (χ2v) is 13.2. The highest BCUT2D eigenvalue weighted by atomic mass is 31.2. The van der Waals surface area contributed by atoms with Gasteiger partial charge in [0.05, 0.1) is 6.61 Å². The van der Waals surface area contributed by atoms with Crippen LogP contribution < -0.4 is 0 Å². The monoisotopic (exact) mass is 668 g/mol. The van der Waals surface area contributed by atoms with Crippen LogP contribution >= 0.6 is 7.82 Å². The molecule has 0 saturated carbocycles. The van der Waals surface area contributed by atoms with Crippen LogP contribution in [-0.2, 0) is 32.9 Å². The van der Waals surface area contributed by atoms with Crippen LogP contribution in [0.25, 0.3) is 0 Å². The largest absolute Gasteiger partial charge is 0.469 e. The van der Waals surface area contributed by atoms with Gasteiger partial charge in [0.1, 0.15) is 6.61 Å².